The molecule has 3 rings (SSSR count). The zero-order valence-corrected chi connectivity index (χ0v) is 14.2. The first-order valence-electron chi connectivity index (χ1n) is 8.53. The summed E-state index contributed by atoms with van der Waals surface area (Å²) in [6.07, 6.45) is 0.708. The van der Waals surface area contributed by atoms with E-state index in [2.05, 4.69) is 6.92 Å². The Balaban J connectivity index is 1.82. The Morgan fingerprint density at radius 3 is 2.32 bits per heavy atom. The Kier molecular flexibility index (Phi) is 5.16. The number of hydrogen-bond donors (Lipinski definition) is 0. The van der Waals surface area contributed by atoms with Gasteiger partial charge in [-0.05, 0) is 59.4 Å². The second kappa shape index (κ2) is 7.34. The van der Waals surface area contributed by atoms with Crippen LogP contribution < -0.4 is 4.74 Å². The molecule has 2 aromatic carbocycles. The Bertz CT molecular complexity index is 746. The number of ether oxygens (including phenoxy) is 1. The average Bonchev–Trinajstić information content (AvgIpc) is 2.61. The van der Waals surface area contributed by atoms with Gasteiger partial charge >= 0.3 is 0 Å². The predicted molar refractivity (Wildman–Crippen MR) is 93.4 cm³/mol. The molecule has 0 aliphatic heterocycles. The molecule has 0 fully saturated rings. The van der Waals surface area contributed by atoms with E-state index >= 15 is 0 Å². The van der Waals surface area contributed by atoms with Gasteiger partial charge in [-0.15, -0.1) is 0 Å². The van der Waals surface area contributed by atoms with Gasteiger partial charge in [0.05, 0.1) is 0 Å². The summed E-state index contributed by atoms with van der Waals surface area (Å²) < 4.78 is 46.7. The van der Waals surface area contributed by atoms with Gasteiger partial charge in [-0.2, -0.15) is 0 Å². The molecule has 4 heteroatoms. The standard InChI is InChI=1S/C21H21F3O/c1-2-15-3-9-19(10-4-15)25-14-17-13-21(23,24)12-11-20(17)16-5-7-18(22)8-6-16/h3-10H,2,11-14H2,1H3. The fourth-order valence-corrected chi connectivity index (χ4v) is 3.12. The van der Waals surface area contributed by atoms with E-state index in [1.807, 2.05) is 24.3 Å². The number of halogens is 3. The topological polar surface area (TPSA) is 9.23 Å². The normalized spacial score (nSPS) is 16.8. The van der Waals surface area contributed by atoms with Gasteiger partial charge < -0.3 is 4.74 Å². The van der Waals surface area contributed by atoms with Gasteiger partial charge in [-0.3, -0.25) is 0 Å². The summed E-state index contributed by atoms with van der Waals surface area (Å²) in [5.41, 5.74) is 3.41. The van der Waals surface area contributed by atoms with Crippen LogP contribution >= 0.6 is 0 Å². The van der Waals surface area contributed by atoms with Crippen molar-refractivity contribution in [1.29, 1.82) is 0 Å². The Hall–Kier alpha value is -2.23. The van der Waals surface area contributed by atoms with Crippen molar-refractivity contribution >= 4 is 5.57 Å². The third kappa shape index (κ3) is 4.44. The lowest BCUT2D eigenvalue weighted by Gasteiger charge is -2.27. The van der Waals surface area contributed by atoms with Gasteiger partial charge in [0.25, 0.3) is 5.92 Å². The van der Waals surface area contributed by atoms with Gasteiger partial charge in [-0.1, -0.05) is 31.2 Å². The molecular formula is C21H21F3O. The molecule has 0 saturated heterocycles. The van der Waals surface area contributed by atoms with E-state index in [4.69, 9.17) is 4.74 Å². The molecule has 132 valence electrons. The number of alkyl halides is 2. The molecule has 1 aliphatic rings. The molecule has 0 atom stereocenters. The van der Waals surface area contributed by atoms with Crippen molar-refractivity contribution in [2.45, 2.75) is 38.5 Å². The monoisotopic (exact) mass is 346 g/mol. The van der Waals surface area contributed by atoms with E-state index in [0.29, 0.717) is 11.3 Å². The predicted octanol–water partition coefficient (Wildman–Crippen LogP) is 6.04. The fourth-order valence-electron chi connectivity index (χ4n) is 3.12. The van der Waals surface area contributed by atoms with Crippen LogP contribution in [0.5, 0.6) is 5.75 Å². The summed E-state index contributed by atoms with van der Waals surface area (Å²) in [5, 5.41) is 0. The lowest BCUT2D eigenvalue weighted by Crippen LogP contribution is -2.24. The van der Waals surface area contributed by atoms with Crippen LogP contribution in [0.25, 0.3) is 5.57 Å². The molecule has 0 saturated carbocycles. The summed E-state index contributed by atoms with van der Waals surface area (Å²) >= 11 is 0. The highest BCUT2D eigenvalue weighted by Gasteiger charge is 2.35. The molecule has 1 nitrogen and oxygen atoms in total. The Morgan fingerprint density at radius 2 is 1.68 bits per heavy atom. The minimum atomic E-state index is -2.71. The van der Waals surface area contributed by atoms with Crippen molar-refractivity contribution in [2.24, 2.45) is 0 Å². The van der Waals surface area contributed by atoms with Crippen LogP contribution in [-0.2, 0) is 6.42 Å². The lowest BCUT2D eigenvalue weighted by molar-refractivity contribution is -0.0112. The SMILES string of the molecule is CCc1ccc(OCC2=C(c3ccc(F)cc3)CCC(F)(F)C2)cc1. The van der Waals surface area contributed by atoms with Gasteiger partial charge in [-0.25, -0.2) is 13.2 Å². The maximum Gasteiger partial charge on any atom is 0.252 e. The molecule has 25 heavy (non-hydrogen) atoms. The van der Waals surface area contributed by atoms with Gasteiger partial charge in [0.2, 0.25) is 0 Å². The number of hydrogen-bond acceptors (Lipinski definition) is 1. The summed E-state index contributed by atoms with van der Waals surface area (Å²) in [5.74, 6) is -2.38. The second-order valence-corrected chi connectivity index (χ2v) is 6.41. The Labute approximate surface area is 146 Å². The zero-order valence-electron chi connectivity index (χ0n) is 14.2. The molecule has 0 unspecified atom stereocenters. The van der Waals surface area contributed by atoms with Crippen molar-refractivity contribution in [3.05, 3.63) is 71.0 Å². The molecule has 0 N–H and O–H groups in total. The highest BCUT2D eigenvalue weighted by Crippen LogP contribution is 2.41. The maximum atomic E-state index is 13.9. The quantitative estimate of drug-likeness (QED) is 0.641. The number of aryl methyl sites for hydroxylation is 1. The smallest absolute Gasteiger partial charge is 0.252 e. The number of allylic oxidation sites excluding steroid dienone is 1. The minimum absolute atomic E-state index is 0.119. The van der Waals surface area contributed by atoms with Gasteiger partial charge in [0.1, 0.15) is 18.2 Å². The molecule has 2 aromatic rings. The molecule has 0 bridgehead atoms. The molecule has 0 amide bonds. The van der Waals surface area contributed by atoms with Crippen molar-refractivity contribution in [1.82, 2.24) is 0 Å². The van der Waals surface area contributed by atoms with Gasteiger partial charge in [0, 0.05) is 12.8 Å². The van der Waals surface area contributed by atoms with Crippen LogP contribution in [0.1, 0.15) is 37.3 Å². The fraction of sp³-hybridized carbons (Fsp3) is 0.333. The van der Waals surface area contributed by atoms with Crippen LogP contribution in [0.4, 0.5) is 13.2 Å². The van der Waals surface area contributed by atoms with E-state index in [1.54, 1.807) is 12.1 Å². The molecule has 0 aromatic heterocycles. The Morgan fingerprint density at radius 1 is 1.00 bits per heavy atom. The van der Waals surface area contributed by atoms with E-state index in [1.165, 1.54) is 17.7 Å². The summed E-state index contributed by atoms with van der Waals surface area (Å²) in [6.45, 7) is 2.19. The van der Waals surface area contributed by atoms with Crippen molar-refractivity contribution in [2.75, 3.05) is 6.61 Å². The first kappa shape index (κ1) is 17.6. The minimum Gasteiger partial charge on any atom is -0.489 e. The molecule has 1 aliphatic carbocycles. The van der Waals surface area contributed by atoms with E-state index in [0.717, 1.165) is 17.6 Å². The van der Waals surface area contributed by atoms with Crippen LogP contribution in [0.2, 0.25) is 0 Å². The lowest BCUT2D eigenvalue weighted by atomic mass is 9.85. The summed E-state index contributed by atoms with van der Waals surface area (Å²) in [6, 6.07) is 13.7. The zero-order chi connectivity index (χ0) is 17.9. The van der Waals surface area contributed by atoms with Crippen molar-refractivity contribution < 1.29 is 17.9 Å². The maximum absolute atomic E-state index is 13.9. The number of benzene rings is 2. The van der Waals surface area contributed by atoms with E-state index in [9.17, 15) is 13.2 Å². The third-order valence-corrected chi connectivity index (χ3v) is 4.58. The first-order chi connectivity index (χ1) is 12.0. The summed E-state index contributed by atoms with van der Waals surface area (Å²) in [7, 11) is 0. The van der Waals surface area contributed by atoms with Crippen LogP contribution in [0, 0.1) is 5.82 Å². The summed E-state index contributed by atoms with van der Waals surface area (Å²) in [4.78, 5) is 0. The third-order valence-electron chi connectivity index (χ3n) is 4.58. The van der Waals surface area contributed by atoms with Crippen LogP contribution in [-0.4, -0.2) is 12.5 Å². The molecule has 0 spiro atoms. The van der Waals surface area contributed by atoms with Crippen molar-refractivity contribution in [3.8, 4) is 5.75 Å². The highest BCUT2D eigenvalue weighted by atomic mass is 19.3. The molecule has 0 radical (unpaired) electrons. The largest absolute Gasteiger partial charge is 0.489 e. The van der Waals surface area contributed by atoms with Gasteiger partial charge in [0.15, 0.2) is 0 Å². The van der Waals surface area contributed by atoms with E-state index < -0.39 is 5.92 Å². The number of rotatable bonds is 5. The van der Waals surface area contributed by atoms with E-state index in [-0.39, 0.29) is 31.7 Å². The second-order valence-electron chi connectivity index (χ2n) is 6.41. The average molecular weight is 346 g/mol. The van der Waals surface area contributed by atoms with Crippen LogP contribution in [0.3, 0.4) is 0 Å². The molecular weight excluding hydrogens is 325 g/mol. The van der Waals surface area contributed by atoms with Crippen LogP contribution in [0.15, 0.2) is 54.1 Å². The van der Waals surface area contributed by atoms with Crippen molar-refractivity contribution in [3.63, 3.8) is 0 Å². The highest BCUT2D eigenvalue weighted by molar-refractivity contribution is 5.70. The molecule has 0 heterocycles. The first-order valence-corrected chi connectivity index (χ1v) is 8.53.